The third-order valence-electron chi connectivity index (χ3n) is 2.63. The Hall–Kier alpha value is -2.90. The van der Waals surface area contributed by atoms with Gasteiger partial charge in [-0.1, -0.05) is 0 Å². The van der Waals surface area contributed by atoms with Crippen molar-refractivity contribution in [2.45, 2.75) is 6.92 Å². The normalized spacial score (nSPS) is 10.6. The first kappa shape index (κ1) is 13.1. The summed E-state index contributed by atoms with van der Waals surface area (Å²) in [4.78, 5) is 16.6. The summed E-state index contributed by atoms with van der Waals surface area (Å²) in [5, 5.41) is 7.10. The van der Waals surface area contributed by atoms with Gasteiger partial charge in [-0.3, -0.25) is 4.98 Å². The van der Waals surface area contributed by atoms with Crippen molar-refractivity contribution < 1.29 is 4.39 Å². The van der Waals surface area contributed by atoms with Gasteiger partial charge in [0.25, 0.3) is 5.95 Å². The summed E-state index contributed by atoms with van der Waals surface area (Å²) in [6, 6.07) is 3.09. The Morgan fingerprint density at radius 3 is 2.86 bits per heavy atom. The molecule has 3 aromatic rings. The second kappa shape index (κ2) is 5.61. The van der Waals surface area contributed by atoms with Gasteiger partial charge in [-0.05, 0) is 19.1 Å². The van der Waals surface area contributed by atoms with Crippen LogP contribution in [-0.2, 0) is 0 Å². The predicted molar refractivity (Wildman–Crippen MR) is 74.3 cm³/mol. The summed E-state index contributed by atoms with van der Waals surface area (Å²) in [5.41, 5.74) is 0.477. The summed E-state index contributed by atoms with van der Waals surface area (Å²) in [6.45, 7) is 2.59. The Balaban J connectivity index is 2.11. The van der Waals surface area contributed by atoms with Crippen LogP contribution in [0.1, 0.15) is 6.92 Å². The van der Waals surface area contributed by atoms with Gasteiger partial charge in [-0.15, -0.1) is 0 Å². The number of aromatic nitrogens is 6. The minimum atomic E-state index is -0.446. The van der Waals surface area contributed by atoms with Crippen molar-refractivity contribution in [3.8, 4) is 17.3 Å². The first-order chi connectivity index (χ1) is 10.3. The number of hydrogen-bond donors (Lipinski definition) is 1. The van der Waals surface area contributed by atoms with E-state index in [0.717, 1.165) is 6.20 Å². The van der Waals surface area contributed by atoms with Gasteiger partial charge in [-0.2, -0.15) is 20.1 Å². The molecule has 0 radical (unpaired) electrons. The number of nitrogens with one attached hydrogen (secondary N) is 1. The quantitative estimate of drug-likeness (QED) is 0.785. The van der Waals surface area contributed by atoms with Crippen molar-refractivity contribution in [3.63, 3.8) is 0 Å². The summed E-state index contributed by atoms with van der Waals surface area (Å²) >= 11 is 0. The van der Waals surface area contributed by atoms with Crippen LogP contribution >= 0.6 is 0 Å². The smallest absolute Gasteiger partial charge is 0.255 e. The largest absolute Gasteiger partial charge is 0.354 e. The molecule has 0 aliphatic rings. The van der Waals surface area contributed by atoms with E-state index in [1.54, 1.807) is 18.5 Å². The number of nitrogens with zero attached hydrogens (tertiary/aromatic N) is 6. The molecule has 0 fully saturated rings. The van der Waals surface area contributed by atoms with Crippen molar-refractivity contribution in [3.05, 3.63) is 42.7 Å². The molecule has 0 spiro atoms. The van der Waals surface area contributed by atoms with Crippen LogP contribution in [0, 0.1) is 5.82 Å². The van der Waals surface area contributed by atoms with E-state index in [4.69, 9.17) is 0 Å². The Kier molecular flexibility index (Phi) is 3.50. The minimum Gasteiger partial charge on any atom is -0.354 e. The molecule has 0 saturated heterocycles. The number of hydrogen-bond acceptors (Lipinski definition) is 6. The lowest BCUT2D eigenvalue weighted by atomic mass is 10.2. The van der Waals surface area contributed by atoms with Gasteiger partial charge >= 0.3 is 0 Å². The van der Waals surface area contributed by atoms with E-state index in [2.05, 4.69) is 30.4 Å². The minimum absolute atomic E-state index is 0.332. The Morgan fingerprint density at radius 1 is 1.24 bits per heavy atom. The monoisotopic (exact) mass is 285 g/mol. The standard InChI is InChI=1S/C13H12FN7/c1-2-16-12-18-11(9-6-10(14)8-15-7-9)19-13(20-12)21-5-3-4-17-21/h3-8H,2H2,1H3,(H,16,18,19,20). The zero-order valence-electron chi connectivity index (χ0n) is 11.2. The second-order valence-corrected chi connectivity index (χ2v) is 4.16. The molecule has 0 saturated carbocycles. The van der Waals surface area contributed by atoms with E-state index < -0.39 is 5.82 Å². The van der Waals surface area contributed by atoms with Crippen LogP contribution in [0.4, 0.5) is 10.3 Å². The van der Waals surface area contributed by atoms with E-state index in [1.165, 1.54) is 16.9 Å². The van der Waals surface area contributed by atoms with E-state index in [1.807, 2.05) is 6.92 Å². The molecule has 0 amide bonds. The zero-order valence-corrected chi connectivity index (χ0v) is 11.2. The molecule has 0 unspecified atom stereocenters. The fourth-order valence-corrected chi connectivity index (χ4v) is 1.75. The number of rotatable bonds is 4. The maximum Gasteiger partial charge on any atom is 0.255 e. The van der Waals surface area contributed by atoms with Crippen molar-refractivity contribution in [1.82, 2.24) is 29.7 Å². The van der Waals surface area contributed by atoms with Gasteiger partial charge in [0, 0.05) is 30.7 Å². The fourth-order valence-electron chi connectivity index (χ4n) is 1.75. The summed E-state index contributed by atoms with van der Waals surface area (Å²) in [6.07, 6.45) is 5.98. The van der Waals surface area contributed by atoms with Crippen LogP contribution in [0.3, 0.4) is 0 Å². The second-order valence-electron chi connectivity index (χ2n) is 4.16. The van der Waals surface area contributed by atoms with Gasteiger partial charge in [0.1, 0.15) is 5.82 Å². The molecule has 8 heteroatoms. The molecule has 1 N–H and O–H groups in total. The summed E-state index contributed by atoms with van der Waals surface area (Å²) < 4.78 is 14.8. The van der Waals surface area contributed by atoms with Crippen LogP contribution < -0.4 is 5.32 Å². The third-order valence-corrected chi connectivity index (χ3v) is 2.63. The molecule has 21 heavy (non-hydrogen) atoms. The van der Waals surface area contributed by atoms with Crippen molar-refractivity contribution in [2.75, 3.05) is 11.9 Å². The first-order valence-corrected chi connectivity index (χ1v) is 6.37. The molecule has 3 heterocycles. The molecule has 0 atom stereocenters. The molecule has 0 aromatic carbocycles. The van der Waals surface area contributed by atoms with E-state index in [0.29, 0.717) is 29.8 Å². The average molecular weight is 285 g/mol. The average Bonchev–Trinajstić information content (AvgIpc) is 3.01. The predicted octanol–water partition coefficient (Wildman–Crippen LogP) is 1.69. The van der Waals surface area contributed by atoms with E-state index in [-0.39, 0.29) is 0 Å². The van der Waals surface area contributed by atoms with Crippen LogP contribution in [-0.4, -0.2) is 36.3 Å². The van der Waals surface area contributed by atoms with Crippen molar-refractivity contribution in [2.24, 2.45) is 0 Å². The molecule has 0 bridgehead atoms. The fraction of sp³-hybridized carbons (Fsp3) is 0.154. The lowest BCUT2D eigenvalue weighted by molar-refractivity contribution is 0.621. The van der Waals surface area contributed by atoms with Gasteiger partial charge in [0.15, 0.2) is 5.82 Å². The van der Waals surface area contributed by atoms with Crippen LogP contribution in [0.25, 0.3) is 17.3 Å². The highest BCUT2D eigenvalue weighted by Gasteiger charge is 2.10. The number of pyridine rings is 1. The summed E-state index contributed by atoms with van der Waals surface area (Å²) in [7, 11) is 0. The Morgan fingerprint density at radius 2 is 2.14 bits per heavy atom. The molecular formula is C13H12FN7. The molecule has 3 rings (SSSR count). The van der Waals surface area contributed by atoms with E-state index in [9.17, 15) is 4.39 Å². The topological polar surface area (TPSA) is 81.4 Å². The third kappa shape index (κ3) is 2.83. The molecule has 106 valence electrons. The molecular weight excluding hydrogens is 273 g/mol. The lowest BCUT2D eigenvalue weighted by Crippen LogP contribution is -2.10. The highest BCUT2D eigenvalue weighted by Crippen LogP contribution is 2.17. The first-order valence-electron chi connectivity index (χ1n) is 6.37. The zero-order chi connectivity index (χ0) is 14.7. The van der Waals surface area contributed by atoms with Crippen molar-refractivity contribution in [1.29, 1.82) is 0 Å². The lowest BCUT2D eigenvalue weighted by Gasteiger charge is -2.07. The highest BCUT2D eigenvalue weighted by molar-refractivity contribution is 5.55. The SMILES string of the molecule is CCNc1nc(-c2cncc(F)c2)nc(-n2cccn2)n1. The maximum absolute atomic E-state index is 13.3. The van der Waals surface area contributed by atoms with Gasteiger partial charge in [0.2, 0.25) is 5.95 Å². The Bertz CT molecular complexity index is 742. The van der Waals surface area contributed by atoms with Crippen LogP contribution in [0.15, 0.2) is 36.9 Å². The molecule has 3 aromatic heterocycles. The summed E-state index contributed by atoms with van der Waals surface area (Å²) in [5.74, 6) is 0.638. The van der Waals surface area contributed by atoms with Crippen molar-refractivity contribution >= 4 is 5.95 Å². The molecule has 0 aliphatic heterocycles. The van der Waals surface area contributed by atoms with Crippen LogP contribution in [0.5, 0.6) is 0 Å². The van der Waals surface area contributed by atoms with Crippen LogP contribution in [0.2, 0.25) is 0 Å². The maximum atomic E-state index is 13.3. The van der Waals surface area contributed by atoms with E-state index >= 15 is 0 Å². The van der Waals surface area contributed by atoms with Gasteiger partial charge in [0.05, 0.1) is 6.20 Å². The Labute approximate surface area is 119 Å². The number of halogens is 1. The van der Waals surface area contributed by atoms with Gasteiger partial charge < -0.3 is 5.32 Å². The molecule has 7 nitrogen and oxygen atoms in total. The van der Waals surface area contributed by atoms with Gasteiger partial charge in [-0.25, -0.2) is 9.07 Å². The number of anilines is 1. The highest BCUT2D eigenvalue weighted by atomic mass is 19.1. The molecule has 0 aliphatic carbocycles.